The van der Waals surface area contributed by atoms with Gasteiger partial charge in [0.2, 0.25) is 5.91 Å². The monoisotopic (exact) mass is 246 g/mol. The van der Waals surface area contributed by atoms with Crippen LogP contribution < -0.4 is 11.1 Å². The van der Waals surface area contributed by atoms with E-state index in [0.29, 0.717) is 11.6 Å². The van der Waals surface area contributed by atoms with Crippen molar-refractivity contribution in [2.24, 2.45) is 11.7 Å². The molecule has 0 bridgehead atoms. The van der Waals surface area contributed by atoms with Gasteiger partial charge < -0.3 is 11.1 Å². The quantitative estimate of drug-likeness (QED) is 0.857. The van der Waals surface area contributed by atoms with Crippen molar-refractivity contribution in [3.63, 3.8) is 0 Å². The number of rotatable bonds is 4. The minimum Gasteiger partial charge on any atom is -0.382 e. The van der Waals surface area contributed by atoms with Gasteiger partial charge in [-0.15, -0.1) is 0 Å². The first-order chi connectivity index (χ1) is 8.63. The Morgan fingerprint density at radius 1 is 1.44 bits per heavy atom. The number of benzene rings is 1. The lowest BCUT2D eigenvalue weighted by Crippen LogP contribution is -2.24. The van der Waals surface area contributed by atoms with Crippen LogP contribution in [0.3, 0.4) is 0 Å². The fourth-order valence-corrected chi connectivity index (χ4v) is 2.97. The van der Waals surface area contributed by atoms with Gasteiger partial charge in [0.05, 0.1) is 0 Å². The van der Waals surface area contributed by atoms with E-state index in [0.717, 1.165) is 17.2 Å². The highest BCUT2D eigenvalue weighted by Gasteiger charge is 2.26. The SMILES string of the molecule is CCC1CCCC1Nc1cccc(C(N)=O)c1C. The first-order valence-electron chi connectivity index (χ1n) is 6.79. The van der Waals surface area contributed by atoms with E-state index in [2.05, 4.69) is 12.2 Å². The number of carbonyl (C=O) groups excluding carboxylic acids is 1. The van der Waals surface area contributed by atoms with E-state index in [-0.39, 0.29) is 5.91 Å². The summed E-state index contributed by atoms with van der Waals surface area (Å²) in [7, 11) is 0. The second kappa shape index (κ2) is 5.42. The number of hydrogen-bond acceptors (Lipinski definition) is 2. The Bertz CT molecular complexity index is 442. The van der Waals surface area contributed by atoms with Crippen molar-refractivity contribution in [1.82, 2.24) is 0 Å². The molecule has 1 saturated carbocycles. The van der Waals surface area contributed by atoms with Crippen LogP contribution in [0, 0.1) is 12.8 Å². The molecule has 1 aliphatic rings. The largest absolute Gasteiger partial charge is 0.382 e. The fourth-order valence-electron chi connectivity index (χ4n) is 2.97. The van der Waals surface area contributed by atoms with Crippen molar-refractivity contribution in [2.45, 2.75) is 45.6 Å². The third kappa shape index (κ3) is 2.50. The molecule has 1 fully saturated rings. The zero-order chi connectivity index (χ0) is 13.1. The summed E-state index contributed by atoms with van der Waals surface area (Å²) in [5.41, 5.74) is 8.01. The molecule has 0 aromatic heterocycles. The van der Waals surface area contributed by atoms with Crippen molar-refractivity contribution in [3.05, 3.63) is 29.3 Å². The molecule has 0 saturated heterocycles. The number of hydrogen-bond donors (Lipinski definition) is 2. The Morgan fingerprint density at radius 3 is 2.89 bits per heavy atom. The summed E-state index contributed by atoms with van der Waals surface area (Å²) in [6, 6.07) is 6.25. The molecule has 1 aromatic carbocycles. The molecule has 2 rings (SSSR count). The van der Waals surface area contributed by atoms with Crippen molar-refractivity contribution in [1.29, 1.82) is 0 Å². The van der Waals surface area contributed by atoms with Crippen LogP contribution in [0.1, 0.15) is 48.5 Å². The Morgan fingerprint density at radius 2 is 2.22 bits per heavy atom. The molecule has 18 heavy (non-hydrogen) atoms. The molecule has 0 radical (unpaired) electrons. The summed E-state index contributed by atoms with van der Waals surface area (Å²) in [6.07, 6.45) is 5.04. The van der Waals surface area contributed by atoms with E-state index in [9.17, 15) is 4.79 Å². The topological polar surface area (TPSA) is 55.1 Å². The third-order valence-electron chi connectivity index (χ3n) is 4.12. The predicted molar refractivity (Wildman–Crippen MR) is 74.7 cm³/mol. The van der Waals surface area contributed by atoms with Gasteiger partial charge in [-0.2, -0.15) is 0 Å². The van der Waals surface area contributed by atoms with Gasteiger partial charge in [-0.3, -0.25) is 4.79 Å². The highest BCUT2D eigenvalue weighted by Crippen LogP contribution is 2.31. The molecule has 0 heterocycles. The molecule has 1 amide bonds. The fraction of sp³-hybridized carbons (Fsp3) is 0.533. The molecule has 3 nitrogen and oxygen atoms in total. The van der Waals surface area contributed by atoms with Gasteiger partial charge in [-0.05, 0) is 43.4 Å². The van der Waals surface area contributed by atoms with E-state index in [4.69, 9.17) is 5.73 Å². The smallest absolute Gasteiger partial charge is 0.249 e. The summed E-state index contributed by atoms with van der Waals surface area (Å²) >= 11 is 0. The van der Waals surface area contributed by atoms with Crippen molar-refractivity contribution >= 4 is 11.6 Å². The first-order valence-corrected chi connectivity index (χ1v) is 6.79. The summed E-state index contributed by atoms with van der Waals surface area (Å²) in [4.78, 5) is 11.3. The zero-order valence-electron chi connectivity index (χ0n) is 11.2. The number of primary amides is 1. The van der Waals surface area contributed by atoms with Crippen LogP contribution in [0.4, 0.5) is 5.69 Å². The van der Waals surface area contributed by atoms with Crippen LogP contribution in [0.2, 0.25) is 0 Å². The number of carbonyl (C=O) groups is 1. The van der Waals surface area contributed by atoms with Gasteiger partial charge in [0.15, 0.2) is 0 Å². The van der Waals surface area contributed by atoms with Crippen LogP contribution in [0.15, 0.2) is 18.2 Å². The second-order valence-corrected chi connectivity index (χ2v) is 5.19. The Hall–Kier alpha value is -1.51. The van der Waals surface area contributed by atoms with Crippen LogP contribution in [0.25, 0.3) is 0 Å². The Balaban J connectivity index is 2.19. The lowest BCUT2D eigenvalue weighted by molar-refractivity contribution is 0.1000. The standard InChI is InChI=1S/C15H22N2O/c1-3-11-6-4-9-14(11)17-13-8-5-7-12(10(13)2)15(16)18/h5,7-8,11,14,17H,3-4,6,9H2,1-2H3,(H2,16,18). The maximum atomic E-state index is 11.3. The summed E-state index contributed by atoms with van der Waals surface area (Å²) in [5.74, 6) is 0.399. The maximum absolute atomic E-state index is 11.3. The Kier molecular flexibility index (Phi) is 3.90. The normalized spacial score (nSPS) is 23.0. The van der Waals surface area contributed by atoms with E-state index < -0.39 is 0 Å². The maximum Gasteiger partial charge on any atom is 0.249 e. The first kappa shape index (κ1) is 12.9. The van der Waals surface area contributed by atoms with Crippen LogP contribution in [0.5, 0.6) is 0 Å². The molecule has 3 heteroatoms. The van der Waals surface area contributed by atoms with Crippen LogP contribution >= 0.6 is 0 Å². The molecule has 0 spiro atoms. The minimum atomic E-state index is -0.352. The van der Waals surface area contributed by atoms with Gasteiger partial charge in [0.25, 0.3) is 0 Å². The lowest BCUT2D eigenvalue weighted by Gasteiger charge is -2.22. The third-order valence-corrected chi connectivity index (χ3v) is 4.12. The van der Waals surface area contributed by atoms with E-state index in [1.165, 1.54) is 25.7 Å². The summed E-state index contributed by atoms with van der Waals surface area (Å²) < 4.78 is 0. The molecule has 2 unspecified atom stereocenters. The van der Waals surface area contributed by atoms with Gasteiger partial charge in [0, 0.05) is 17.3 Å². The van der Waals surface area contributed by atoms with E-state index >= 15 is 0 Å². The van der Waals surface area contributed by atoms with Crippen molar-refractivity contribution < 1.29 is 4.79 Å². The van der Waals surface area contributed by atoms with Crippen molar-refractivity contribution in [3.8, 4) is 0 Å². The number of nitrogens with two attached hydrogens (primary N) is 1. The summed E-state index contributed by atoms with van der Waals surface area (Å²) in [6.45, 7) is 4.20. The minimum absolute atomic E-state index is 0.352. The zero-order valence-corrected chi connectivity index (χ0v) is 11.2. The molecular formula is C15H22N2O. The lowest BCUT2D eigenvalue weighted by atomic mass is 9.99. The molecule has 1 aromatic rings. The number of amides is 1. The number of nitrogens with one attached hydrogen (secondary N) is 1. The Labute approximate surface area is 109 Å². The number of anilines is 1. The van der Waals surface area contributed by atoms with Gasteiger partial charge in [0.1, 0.15) is 0 Å². The molecular weight excluding hydrogens is 224 g/mol. The molecule has 1 aliphatic carbocycles. The van der Waals surface area contributed by atoms with E-state index in [1.54, 1.807) is 6.07 Å². The van der Waals surface area contributed by atoms with Crippen LogP contribution in [-0.2, 0) is 0 Å². The molecule has 3 N–H and O–H groups in total. The van der Waals surface area contributed by atoms with Crippen LogP contribution in [-0.4, -0.2) is 11.9 Å². The average molecular weight is 246 g/mol. The average Bonchev–Trinajstić information content (AvgIpc) is 2.78. The van der Waals surface area contributed by atoms with E-state index in [1.807, 2.05) is 19.1 Å². The van der Waals surface area contributed by atoms with Gasteiger partial charge in [-0.25, -0.2) is 0 Å². The predicted octanol–water partition coefficient (Wildman–Crippen LogP) is 3.08. The summed E-state index contributed by atoms with van der Waals surface area (Å²) in [5, 5.41) is 3.60. The van der Waals surface area contributed by atoms with Crippen molar-refractivity contribution in [2.75, 3.05) is 5.32 Å². The van der Waals surface area contributed by atoms with Gasteiger partial charge in [-0.1, -0.05) is 25.8 Å². The molecule has 2 atom stereocenters. The molecule has 98 valence electrons. The molecule has 0 aliphatic heterocycles. The highest BCUT2D eigenvalue weighted by atomic mass is 16.1. The van der Waals surface area contributed by atoms with Gasteiger partial charge >= 0.3 is 0 Å². The highest BCUT2D eigenvalue weighted by molar-refractivity contribution is 5.95. The second-order valence-electron chi connectivity index (χ2n) is 5.19.